The van der Waals surface area contributed by atoms with Gasteiger partial charge in [0.1, 0.15) is 0 Å². The predicted octanol–water partition coefficient (Wildman–Crippen LogP) is 2.07. The fraction of sp³-hybridized carbons (Fsp3) is 1.00. The zero-order valence-electron chi connectivity index (χ0n) is 8.54. The molecular formula is C11H21NO. The molecule has 0 unspecified atom stereocenters. The maximum absolute atomic E-state index is 5.97. The minimum absolute atomic E-state index is 0.424. The number of ether oxygens (including phenoxy) is 1. The SMILES string of the molecule is CC1CCC(OC2CC(N)C2)CC1. The summed E-state index contributed by atoms with van der Waals surface area (Å²) in [6.45, 7) is 2.34. The quantitative estimate of drug-likeness (QED) is 0.711. The average Bonchev–Trinajstić information content (AvgIpc) is 2.06. The summed E-state index contributed by atoms with van der Waals surface area (Å²) in [4.78, 5) is 0. The fourth-order valence-electron chi connectivity index (χ4n) is 2.36. The predicted molar refractivity (Wildman–Crippen MR) is 53.5 cm³/mol. The molecule has 2 saturated carbocycles. The first-order valence-electron chi connectivity index (χ1n) is 5.65. The molecule has 2 aliphatic rings. The van der Waals surface area contributed by atoms with Crippen LogP contribution in [-0.4, -0.2) is 18.2 Å². The van der Waals surface area contributed by atoms with Crippen LogP contribution in [-0.2, 0) is 4.74 Å². The second-order valence-electron chi connectivity index (χ2n) is 4.87. The fourth-order valence-corrected chi connectivity index (χ4v) is 2.36. The van der Waals surface area contributed by atoms with Crippen LogP contribution in [0, 0.1) is 5.92 Å². The Bertz CT molecular complexity index is 157. The molecule has 0 bridgehead atoms. The van der Waals surface area contributed by atoms with E-state index in [9.17, 15) is 0 Å². The first-order chi connectivity index (χ1) is 6.24. The Labute approximate surface area is 80.8 Å². The molecule has 0 heterocycles. The average molecular weight is 183 g/mol. The van der Waals surface area contributed by atoms with Gasteiger partial charge in [-0.25, -0.2) is 0 Å². The van der Waals surface area contributed by atoms with E-state index < -0.39 is 0 Å². The second kappa shape index (κ2) is 3.97. The lowest BCUT2D eigenvalue weighted by Crippen LogP contribution is -2.43. The molecule has 0 radical (unpaired) electrons. The minimum Gasteiger partial charge on any atom is -0.375 e. The second-order valence-corrected chi connectivity index (χ2v) is 4.87. The van der Waals surface area contributed by atoms with Gasteiger partial charge < -0.3 is 10.5 Å². The third-order valence-electron chi connectivity index (χ3n) is 3.48. The molecule has 2 nitrogen and oxygen atoms in total. The topological polar surface area (TPSA) is 35.2 Å². The lowest BCUT2D eigenvalue weighted by atomic mass is 9.87. The number of rotatable bonds is 2. The molecule has 0 spiro atoms. The van der Waals surface area contributed by atoms with E-state index in [4.69, 9.17) is 10.5 Å². The van der Waals surface area contributed by atoms with Gasteiger partial charge in [0, 0.05) is 6.04 Å². The van der Waals surface area contributed by atoms with Crippen molar-refractivity contribution in [2.75, 3.05) is 0 Å². The van der Waals surface area contributed by atoms with E-state index in [0.29, 0.717) is 18.2 Å². The summed E-state index contributed by atoms with van der Waals surface area (Å²) in [5, 5.41) is 0. The zero-order valence-corrected chi connectivity index (χ0v) is 8.54. The Kier molecular flexibility index (Phi) is 2.89. The smallest absolute Gasteiger partial charge is 0.0608 e. The standard InChI is InChI=1S/C11H21NO/c1-8-2-4-10(5-3-8)13-11-6-9(12)7-11/h8-11H,2-7,12H2,1H3. The maximum atomic E-state index is 5.97. The molecule has 0 atom stereocenters. The van der Waals surface area contributed by atoms with Gasteiger partial charge in [-0.3, -0.25) is 0 Å². The van der Waals surface area contributed by atoms with Crippen molar-refractivity contribution in [2.24, 2.45) is 11.7 Å². The Morgan fingerprint density at radius 3 is 2.15 bits per heavy atom. The van der Waals surface area contributed by atoms with Crippen LogP contribution in [0.3, 0.4) is 0 Å². The van der Waals surface area contributed by atoms with Crippen LogP contribution in [0.5, 0.6) is 0 Å². The van der Waals surface area contributed by atoms with Gasteiger partial charge in [0.2, 0.25) is 0 Å². The van der Waals surface area contributed by atoms with Gasteiger partial charge in [-0.1, -0.05) is 6.92 Å². The summed E-state index contributed by atoms with van der Waals surface area (Å²) in [6.07, 6.45) is 8.47. The van der Waals surface area contributed by atoms with E-state index in [0.717, 1.165) is 18.8 Å². The summed E-state index contributed by atoms with van der Waals surface area (Å²) in [6, 6.07) is 0.424. The van der Waals surface area contributed by atoms with Gasteiger partial charge in [0.05, 0.1) is 12.2 Å². The van der Waals surface area contributed by atoms with Gasteiger partial charge in [-0.2, -0.15) is 0 Å². The largest absolute Gasteiger partial charge is 0.375 e. The van der Waals surface area contributed by atoms with Crippen molar-refractivity contribution >= 4 is 0 Å². The molecule has 0 aromatic heterocycles. The minimum atomic E-state index is 0.424. The third kappa shape index (κ3) is 2.44. The lowest BCUT2D eigenvalue weighted by Gasteiger charge is -2.37. The molecule has 2 heteroatoms. The Hall–Kier alpha value is -0.0800. The molecule has 0 saturated heterocycles. The van der Waals surface area contributed by atoms with Crippen molar-refractivity contribution in [3.05, 3.63) is 0 Å². The lowest BCUT2D eigenvalue weighted by molar-refractivity contribution is -0.0753. The van der Waals surface area contributed by atoms with Crippen LogP contribution < -0.4 is 5.73 Å². The molecular weight excluding hydrogens is 162 g/mol. The summed E-state index contributed by atoms with van der Waals surface area (Å²) >= 11 is 0. The highest BCUT2D eigenvalue weighted by Gasteiger charge is 2.30. The number of hydrogen-bond acceptors (Lipinski definition) is 2. The van der Waals surface area contributed by atoms with Crippen LogP contribution in [0.1, 0.15) is 45.4 Å². The van der Waals surface area contributed by atoms with Crippen LogP contribution >= 0.6 is 0 Å². The summed E-state index contributed by atoms with van der Waals surface area (Å²) in [5.41, 5.74) is 5.72. The number of nitrogens with two attached hydrogens (primary N) is 1. The molecule has 2 aliphatic carbocycles. The van der Waals surface area contributed by atoms with Crippen molar-refractivity contribution in [2.45, 2.75) is 63.7 Å². The van der Waals surface area contributed by atoms with E-state index >= 15 is 0 Å². The first-order valence-corrected chi connectivity index (χ1v) is 5.65. The highest BCUT2D eigenvalue weighted by Crippen LogP contribution is 2.30. The van der Waals surface area contributed by atoms with Gasteiger partial charge >= 0.3 is 0 Å². The van der Waals surface area contributed by atoms with Gasteiger partial charge in [0.25, 0.3) is 0 Å². The molecule has 0 amide bonds. The van der Waals surface area contributed by atoms with Crippen molar-refractivity contribution in [1.82, 2.24) is 0 Å². The van der Waals surface area contributed by atoms with Crippen molar-refractivity contribution < 1.29 is 4.74 Å². The summed E-state index contributed by atoms with van der Waals surface area (Å²) < 4.78 is 5.97. The van der Waals surface area contributed by atoms with Crippen LogP contribution in [0.4, 0.5) is 0 Å². The van der Waals surface area contributed by atoms with Crippen LogP contribution in [0.15, 0.2) is 0 Å². The van der Waals surface area contributed by atoms with Gasteiger partial charge in [-0.15, -0.1) is 0 Å². The van der Waals surface area contributed by atoms with Crippen molar-refractivity contribution in [1.29, 1.82) is 0 Å². The Morgan fingerprint density at radius 2 is 1.62 bits per heavy atom. The van der Waals surface area contributed by atoms with E-state index in [-0.39, 0.29) is 0 Å². The van der Waals surface area contributed by atoms with Gasteiger partial charge in [-0.05, 0) is 44.4 Å². The third-order valence-corrected chi connectivity index (χ3v) is 3.48. The summed E-state index contributed by atoms with van der Waals surface area (Å²) in [7, 11) is 0. The van der Waals surface area contributed by atoms with Gasteiger partial charge in [0.15, 0.2) is 0 Å². The van der Waals surface area contributed by atoms with E-state index in [2.05, 4.69) is 6.92 Å². The van der Waals surface area contributed by atoms with Crippen molar-refractivity contribution in [3.63, 3.8) is 0 Å². The number of hydrogen-bond donors (Lipinski definition) is 1. The normalized spacial score (nSPS) is 45.7. The van der Waals surface area contributed by atoms with Crippen molar-refractivity contribution in [3.8, 4) is 0 Å². The first kappa shape index (κ1) is 9.47. The molecule has 2 N–H and O–H groups in total. The molecule has 2 rings (SSSR count). The highest BCUT2D eigenvalue weighted by atomic mass is 16.5. The van der Waals surface area contributed by atoms with E-state index in [1.165, 1.54) is 25.7 Å². The molecule has 76 valence electrons. The molecule has 0 aromatic carbocycles. The Balaban J connectivity index is 1.65. The van der Waals surface area contributed by atoms with E-state index in [1.54, 1.807) is 0 Å². The molecule has 2 fully saturated rings. The zero-order chi connectivity index (χ0) is 9.26. The van der Waals surface area contributed by atoms with E-state index in [1.807, 2.05) is 0 Å². The molecule has 13 heavy (non-hydrogen) atoms. The Morgan fingerprint density at radius 1 is 1.00 bits per heavy atom. The van der Waals surface area contributed by atoms with Crippen LogP contribution in [0.2, 0.25) is 0 Å². The maximum Gasteiger partial charge on any atom is 0.0608 e. The highest BCUT2D eigenvalue weighted by molar-refractivity contribution is 4.84. The monoisotopic (exact) mass is 183 g/mol. The molecule has 0 aromatic rings. The summed E-state index contributed by atoms with van der Waals surface area (Å²) in [5.74, 6) is 0.920. The molecule has 0 aliphatic heterocycles. The van der Waals surface area contributed by atoms with Crippen LogP contribution in [0.25, 0.3) is 0 Å².